The van der Waals surface area contributed by atoms with Crippen LogP contribution in [0.2, 0.25) is 0 Å². The number of nitrogens with zero attached hydrogens (tertiary/aromatic N) is 2. The molecular weight excluding hydrogens is 496 g/mol. The first-order chi connectivity index (χ1) is 19.0. The van der Waals surface area contributed by atoms with Crippen molar-refractivity contribution in [3.05, 3.63) is 89.3 Å². The summed E-state index contributed by atoms with van der Waals surface area (Å²) in [4.78, 5) is 32.4. The molecule has 4 rings (SSSR count). The Hall–Kier alpha value is -4.33. The number of hydrogen-bond donors (Lipinski definition) is 1. The van der Waals surface area contributed by atoms with E-state index in [9.17, 15) is 14.7 Å². The molecule has 204 valence electrons. The normalized spacial score (nSPS) is 16.4. The molecule has 1 aromatic heterocycles. The van der Waals surface area contributed by atoms with Gasteiger partial charge in [0.2, 0.25) is 0 Å². The van der Waals surface area contributed by atoms with Gasteiger partial charge >= 0.3 is 0 Å². The summed E-state index contributed by atoms with van der Waals surface area (Å²) in [5.74, 6) is 0.00867. The number of rotatable bonds is 12. The Morgan fingerprint density at radius 3 is 2.46 bits per heavy atom. The quantitative estimate of drug-likeness (QED) is 0.139. The van der Waals surface area contributed by atoms with Crippen molar-refractivity contribution in [3.8, 4) is 17.2 Å². The fourth-order valence-corrected chi connectivity index (χ4v) is 4.60. The number of likely N-dealkylation sites (tertiary alicyclic amines) is 1. The highest BCUT2D eigenvalue weighted by Gasteiger charge is 2.46. The Morgan fingerprint density at radius 1 is 1.00 bits per heavy atom. The highest BCUT2D eigenvalue weighted by Crippen LogP contribution is 2.43. The van der Waals surface area contributed by atoms with Gasteiger partial charge in [0.25, 0.3) is 11.7 Å². The molecule has 1 N–H and O–H groups in total. The molecule has 0 radical (unpaired) electrons. The third-order valence-electron chi connectivity index (χ3n) is 6.57. The van der Waals surface area contributed by atoms with E-state index in [4.69, 9.17) is 14.2 Å². The topological polar surface area (TPSA) is 98.2 Å². The van der Waals surface area contributed by atoms with Crippen molar-refractivity contribution in [3.63, 3.8) is 0 Å². The zero-order valence-electron chi connectivity index (χ0n) is 22.6. The number of carbonyl (C=O) groups is 2. The Balaban J connectivity index is 1.80. The average molecular weight is 531 g/mol. The van der Waals surface area contributed by atoms with Crippen molar-refractivity contribution in [2.45, 2.75) is 45.7 Å². The van der Waals surface area contributed by atoms with Gasteiger partial charge in [-0.1, -0.05) is 31.9 Å². The van der Waals surface area contributed by atoms with E-state index in [1.165, 1.54) is 4.90 Å². The lowest BCUT2D eigenvalue weighted by Crippen LogP contribution is -2.29. The van der Waals surface area contributed by atoms with E-state index in [0.29, 0.717) is 41.6 Å². The number of methoxy groups -OCH3 is 1. The Morgan fingerprint density at radius 2 is 1.79 bits per heavy atom. The molecule has 2 heterocycles. The van der Waals surface area contributed by atoms with Crippen molar-refractivity contribution in [2.75, 3.05) is 20.3 Å². The lowest BCUT2D eigenvalue weighted by molar-refractivity contribution is -0.140. The molecule has 8 heteroatoms. The van der Waals surface area contributed by atoms with Gasteiger partial charge < -0.3 is 24.2 Å². The minimum absolute atomic E-state index is 0.00752. The molecule has 1 aliphatic rings. The van der Waals surface area contributed by atoms with Crippen molar-refractivity contribution in [1.29, 1.82) is 0 Å². The van der Waals surface area contributed by atoms with Crippen molar-refractivity contribution in [1.82, 2.24) is 9.88 Å². The van der Waals surface area contributed by atoms with Crippen LogP contribution in [0.25, 0.3) is 5.76 Å². The second kappa shape index (κ2) is 13.0. The standard InChI is InChI=1S/C31H34N2O6/c1-4-6-7-17-39-25-15-12-23(18-26(25)38-5-2)28-27(29(34)22-10-13-24(37-3)14-11-22)30(35)31(36)33(28)20-21-9-8-16-32-19-21/h8-16,18-19,28,34H,4-7,17,20H2,1-3H3/b29-27+. The number of aliphatic hydroxyl groups excluding tert-OH is 1. The summed E-state index contributed by atoms with van der Waals surface area (Å²) in [5, 5.41) is 11.4. The highest BCUT2D eigenvalue weighted by atomic mass is 16.5. The zero-order valence-corrected chi connectivity index (χ0v) is 22.6. The predicted molar refractivity (Wildman–Crippen MR) is 148 cm³/mol. The van der Waals surface area contributed by atoms with Crippen LogP contribution in [0, 0.1) is 0 Å². The first kappa shape index (κ1) is 27.7. The Labute approximate surface area is 228 Å². The van der Waals surface area contributed by atoms with Crippen LogP contribution in [0.3, 0.4) is 0 Å². The summed E-state index contributed by atoms with van der Waals surface area (Å²) in [6.45, 7) is 5.13. The molecular formula is C31H34N2O6. The minimum atomic E-state index is -0.847. The molecule has 8 nitrogen and oxygen atoms in total. The van der Waals surface area contributed by atoms with E-state index in [2.05, 4.69) is 11.9 Å². The molecule has 1 aliphatic heterocycles. The summed E-state index contributed by atoms with van der Waals surface area (Å²) in [7, 11) is 1.55. The number of ether oxygens (including phenoxy) is 3. The summed E-state index contributed by atoms with van der Waals surface area (Å²) in [6, 6.07) is 14.8. The van der Waals surface area contributed by atoms with Crippen LogP contribution in [0.1, 0.15) is 55.8 Å². The third kappa shape index (κ3) is 6.22. The van der Waals surface area contributed by atoms with Gasteiger partial charge in [-0.3, -0.25) is 14.6 Å². The number of pyridine rings is 1. The molecule has 0 spiro atoms. The molecule has 0 bridgehead atoms. The monoisotopic (exact) mass is 530 g/mol. The minimum Gasteiger partial charge on any atom is -0.507 e. The van der Waals surface area contributed by atoms with Gasteiger partial charge in [-0.2, -0.15) is 0 Å². The van der Waals surface area contributed by atoms with Gasteiger partial charge in [0.05, 0.1) is 31.9 Å². The molecule has 1 atom stereocenters. The predicted octanol–water partition coefficient (Wildman–Crippen LogP) is 5.68. The maximum absolute atomic E-state index is 13.4. The second-order valence-corrected chi connectivity index (χ2v) is 9.21. The number of carbonyl (C=O) groups excluding carboxylic acids is 2. The van der Waals surface area contributed by atoms with E-state index in [0.717, 1.165) is 24.8 Å². The lowest BCUT2D eigenvalue weighted by Gasteiger charge is -2.26. The molecule has 1 fully saturated rings. The summed E-state index contributed by atoms with van der Waals surface area (Å²) >= 11 is 0. The van der Waals surface area contributed by atoms with Crippen LogP contribution in [0.4, 0.5) is 0 Å². The number of aliphatic hydroxyl groups is 1. The van der Waals surface area contributed by atoms with Crippen LogP contribution in [-0.4, -0.2) is 47.0 Å². The van der Waals surface area contributed by atoms with Crippen LogP contribution in [0.5, 0.6) is 17.2 Å². The van der Waals surface area contributed by atoms with E-state index in [1.54, 1.807) is 62.0 Å². The fourth-order valence-electron chi connectivity index (χ4n) is 4.60. The van der Waals surface area contributed by atoms with Gasteiger partial charge in [0.15, 0.2) is 11.5 Å². The van der Waals surface area contributed by atoms with Crippen molar-refractivity contribution < 1.29 is 28.9 Å². The van der Waals surface area contributed by atoms with Crippen LogP contribution < -0.4 is 14.2 Å². The maximum atomic E-state index is 13.4. The zero-order chi connectivity index (χ0) is 27.8. The third-order valence-corrected chi connectivity index (χ3v) is 6.57. The number of hydrogen-bond acceptors (Lipinski definition) is 7. The molecule has 2 aromatic carbocycles. The molecule has 1 amide bonds. The lowest BCUT2D eigenvalue weighted by atomic mass is 9.94. The SMILES string of the molecule is CCCCCOc1ccc(C2/C(=C(\O)c3ccc(OC)cc3)C(=O)C(=O)N2Cc2cccnc2)cc1OCC. The van der Waals surface area contributed by atoms with Crippen molar-refractivity contribution in [2.24, 2.45) is 0 Å². The van der Waals surface area contributed by atoms with Crippen LogP contribution >= 0.6 is 0 Å². The molecule has 1 unspecified atom stereocenters. The number of unbranched alkanes of at least 4 members (excludes halogenated alkanes) is 2. The maximum Gasteiger partial charge on any atom is 0.295 e. The van der Waals surface area contributed by atoms with Gasteiger partial charge in [0, 0.05) is 24.5 Å². The smallest absolute Gasteiger partial charge is 0.295 e. The van der Waals surface area contributed by atoms with E-state index in [-0.39, 0.29) is 17.9 Å². The van der Waals surface area contributed by atoms with Crippen molar-refractivity contribution >= 4 is 17.4 Å². The number of benzene rings is 2. The number of ketones is 1. The van der Waals surface area contributed by atoms with Crippen LogP contribution in [0.15, 0.2) is 72.6 Å². The van der Waals surface area contributed by atoms with E-state index in [1.807, 2.05) is 19.1 Å². The second-order valence-electron chi connectivity index (χ2n) is 9.21. The summed E-state index contributed by atoms with van der Waals surface area (Å²) in [5.41, 5.74) is 1.79. The highest BCUT2D eigenvalue weighted by molar-refractivity contribution is 6.46. The van der Waals surface area contributed by atoms with E-state index >= 15 is 0 Å². The van der Waals surface area contributed by atoms with Crippen LogP contribution in [-0.2, 0) is 16.1 Å². The summed E-state index contributed by atoms with van der Waals surface area (Å²) < 4.78 is 17.1. The van der Waals surface area contributed by atoms with Gasteiger partial charge in [-0.05, 0) is 66.9 Å². The van der Waals surface area contributed by atoms with Gasteiger partial charge in [-0.15, -0.1) is 0 Å². The van der Waals surface area contributed by atoms with Gasteiger partial charge in [0.1, 0.15) is 11.5 Å². The Bertz CT molecular complexity index is 1320. The number of Topliss-reactive ketones (excluding diaryl/α,β-unsaturated/α-hetero) is 1. The van der Waals surface area contributed by atoms with Gasteiger partial charge in [-0.25, -0.2) is 0 Å². The molecule has 3 aromatic rings. The molecule has 0 aliphatic carbocycles. The molecule has 0 saturated carbocycles. The first-order valence-electron chi connectivity index (χ1n) is 13.2. The molecule has 1 saturated heterocycles. The Kier molecular flexibility index (Phi) is 9.20. The largest absolute Gasteiger partial charge is 0.507 e. The van der Waals surface area contributed by atoms with E-state index < -0.39 is 17.7 Å². The average Bonchev–Trinajstić information content (AvgIpc) is 3.21. The summed E-state index contributed by atoms with van der Waals surface area (Å²) in [6.07, 6.45) is 6.38. The fraction of sp³-hybridized carbons (Fsp3) is 0.323. The number of aromatic nitrogens is 1. The number of amides is 1. The molecule has 39 heavy (non-hydrogen) atoms. The first-order valence-corrected chi connectivity index (χ1v) is 13.2.